The smallest absolute Gasteiger partial charge is 0.327 e. The van der Waals surface area contributed by atoms with E-state index in [1.165, 1.54) is 22.9 Å². The first-order chi connectivity index (χ1) is 18.5. The Bertz CT molecular complexity index is 1270. The summed E-state index contributed by atoms with van der Waals surface area (Å²) in [6.45, 7) is 12.4. The molecule has 4 rings (SSSR count). The fourth-order valence-corrected chi connectivity index (χ4v) is 8.43. The number of Topliss-reactive ketones (excluding diaryl/α,β-unsaturated/α-hetero) is 1. The molecule has 3 heterocycles. The average Bonchev–Trinajstić information content (AvgIpc) is 3.58. The first kappa shape index (κ1) is 30.0. The summed E-state index contributed by atoms with van der Waals surface area (Å²) in [4.78, 5) is 29.0. The molecular weight excluding hydrogens is 545 g/mol. The van der Waals surface area contributed by atoms with Gasteiger partial charge in [0.25, 0.3) is 0 Å². The first-order valence-electron chi connectivity index (χ1n) is 13.7. The fraction of sp³-hybridized carbons (Fsp3) is 0.500. The highest BCUT2D eigenvalue weighted by Gasteiger charge is 2.56. The highest BCUT2D eigenvalue weighted by atomic mass is 32.2. The number of aliphatic hydroxyl groups is 1. The van der Waals surface area contributed by atoms with Crippen LogP contribution in [0.5, 0.6) is 0 Å². The largest absolute Gasteiger partial charge is 0.457 e. The van der Waals surface area contributed by atoms with E-state index in [2.05, 4.69) is 68.3 Å². The van der Waals surface area contributed by atoms with Gasteiger partial charge in [0.2, 0.25) is 0 Å². The number of aryl methyl sites for hydroxylation is 3. The van der Waals surface area contributed by atoms with Crippen molar-refractivity contribution in [1.29, 1.82) is 0 Å². The van der Waals surface area contributed by atoms with Crippen molar-refractivity contribution in [3.8, 4) is 0 Å². The molecule has 0 saturated carbocycles. The third-order valence-corrected chi connectivity index (χ3v) is 10.7. The maximum Gasteiger partial charge on any atom is 0.327 e. The summed E-state index contributed by atoms with van der Waals surface area (Å²) >= 11 is 4.64. The lowest BCUT2D eigenvalue weighted by atomic mass is 9.69. The van der Waals surface area contributed by atoms with Crippen LogP contribution in [0.4, 0.5) is 0 Å². The van der Waals surface area contributed by atoms with Gasteiger partial charge >= 0.3 is 5.97 Å². The molecule has 0 amide bonds. The van der Waals surface area contributed by atoms with Gasteiger partial charge < -0.3 is 9.84 Å². The number of rotatable bonds is 10. The molecule has 3 unspecified atom stereocenters. The molecular formula is C32H40O4S3. The third kappa shape index (κ3) is 6.53. The van der Waals surface area contributed by atoms with Crippen molar-refractivity contribution in [2.75, 3.05) is 0 Å². The van der Waals surface area contributed by atoms with Gasteiger partial charge in [-0.25, -0.2) is 0 Å². The van der Waals surface area contributed by atoms with Crippen molar-refractivity contribution >= 4 is 46.2 Å². The number of hydrogen-bond donors (Lipinski definition) is 1. The maximum atomic E-state index is 14.4. The molecule has 1 fully saturated rings. The van der Waals surface area contributed by atoms with E-state index in [1.54, 1.807) is 22.7 Å². The van der Waals surface area contributed by atoms with Crippen molar-refractivity contribution < 1.29 is 19.4 Å². The molecule has 1 aromatic carbocycles. The Balaban J connectivity index is 1.70. The van der Waals surface area contributed by atoms with Gasteiger partial charge in [-0.05, 0) is 111 Å². The van der Waals surface area contributed by atoms with Gasteiger partial charge in [0.1, 0.15) is 5.60 Å². The van der Waals surface area contributed by atoms with Gasteiger partial charge in [0, 0.05) is 4.90 Å². The number of benzene rings is 1. The monoisotopic (exact) mass is 584 g/mol. The highest BCUT2D eigenvalue weighted by molar-refractivity contribution is 8.01. The SMILES string of the molecule is Cc1cc(SC2C(=O)OC(CCc3ccsc3)(C(C)C)C(CCc3ccsc3)C2=O)c(C(C)(C)C)cc1CO. The van der Waals surface area contributed by atoms with Crippen LogP contribution in [0.1, 0.15) is 75.3 Å². The van der Waals surface area contributed by atoms with Crippen LogP contribution in [-0.4, -0.2) is 27.7 Å². The van der Waals surface area contributed by atoms with E-state index in [9.17, 15) is 14.7 Å². The van der Waals surface area contributed by atoms with Crippen LogP contribution in [0.3, 0.4) is 0 Å². The molecule has 3 aromatic rings. The molecule has 210 valence electrons. The Labute approximate surface area is 245 Å². The van der Waals surface area contributed by atoms with E-state index < -0.39 is 16.8 Å². The number of carbonyl (C=O) groups is 2. The van der Waals surface area contributed by atoms with Crippen LogP contribution in [0, 0.1) is 18.8 Å². The number of ether oxygens (including phenoxy) is 1. The van der Waals surface area contributed by atoms with Crippen LogP contribution < -0.4 is 0 Å². The van der Waals surface area contributed by atoms with Crippen molar-refractivity contribution in [1.82, 2.24) is 0 Å². The molecule has 2 aromatic heterocycles. The molecule has 0 aliphatic carbocycles. The summed E-state index contributed by atoms with van der Waals surface area (Å²) in [7, 11) is 0. The Morgan fingerprint density at radius 1 is 1.05 bits per heavy atom. The Morgan fingerprint density at radius 3 is 2.23 bits per heavy atom. The van der Waals surface area contributed by atoms with Gasteiger partial charge in [0.15, 0.2) is 11.0 Å². The van der Waals surface area contributed by atoms with Crippen LogP contribution in [0.2, 0.25) is 0 Å². The van der Waals surface area contributed by atoms with E-state index in [4.69, 9.17) is 4.74 Å². The third-order valence-electron chi connectivity index (χ3n) is 8.02. The van der Waals surface area contributed by atoms with Crippen LogP contribution in [0.25, 0.3) is 0 Å². The Kier molecular flexibility index (Phi) is 9.47. The number of carbonyl (C=O) groups excluding carboxylic acids is 2. The first-order valence-corrected chi connectivity index (χ1v) is 16.4. The summed E-state index contributed by atoms with van der Waals surface area (Å²) in [6, 6.07) is 8.25. The summed E-state index contributed by atoms with van der Waals surface area (Å²) in [6.07, 6.45) is 2.82. The predicted molar refractivity (Wildman–Crippen MR) is 163 cm³/mol. The minimum Gasteiger partial charge on any atom is -0.457 e. The number of aliphatic hydroxyl groups excluding tert-OH is 1. The molecule has 1 N–H and O–H groups in total. The molecule has 1 aliphatic rings. The number of esters is 1. The van der Waals surface area contributed by atoms with Gasteiger partial charge in [-0.2, -0.15) is 22.7 Å². The molecule has 0 radical (unpaired) electrons. The summed E-state index contributed by atoms with van der Waals surface area (Å²) < 4.78 is 6.46. The summed E-state index contributed by atoms with van der Waals surface area (Å²) in [5.74, 6) is -0.838. The van der Waals surface area contributed by atoms with E-state index in [-0.39, 0.29) is 29.6 Å². The lowest BCUT2D eigenvalue weighted by molar-refractivity contribution is -0.187. The van der Waals surface area contributed by atoms with Crippen molar-refractivity contribution in [2.45, 2.75) is 95.0 Å². The standard InChI is InChI=1S/C32H40O4S3/c1-20(2)32(12-9-23-11-14-38-19-23)25(8-7-22-10-13-37-18-22)28(34)29(30(35)36-32)39-27-15-21(3)24(17-33)16-26(27)31(4,5)6/h10-11,13-16,18-20,25,29,33H,7-9,12,17H2,1-6H3. The fourth-order valence-electron chi connectivity index (χ4n) is 5.61. The topological polar surface area (TPSA) is 63.6 Å². The number of thiophene rings is 2. The number of cyclic esters (lactones) is 1. The highest BCUT2D eigenvalue weighted by Crippen LogP contribution is 2.47. The normalized spacial score (nSPS) is 21.9. The van der Waals surface area contributed by atoms with Crippen LogP contribution in [0.15, 0.2) is 50.7 Å². The molecule has 0 bridgehead atoms. The molecule has 0 spiro atoms. The molecule has 1 saturated heterocycles. The molecule has 39 heavy (non-hydrogen) atoms. The second kappa shape index (κ2) is 12.3. The average molecular weight is 585 g/mol. The van der Waals surface area contributed by atoms with Crippen molar-refractivity contribution in [2.24, 2.45) is 11.8 Å². The van der Waals surface area contributed by atoms with Gasteiger partial charge in [0.05, 0.1) is 12.5 Å². The number of hydrogen-bond acceptors (Lipinski definition) is 7. The van der Waals surface area contributed by atoms with Crippen LogP contribution >= 0.6 is 34.4 Å². The molecule has 7 heteroatoms. The van der Waals surface area contributed by atoms with Crippen molar-refractivity contribution in [3.05, 3.63) is 73.6 Å². The Hall–Kier alpha value is -1.93. The molecule has 3 atom stereocenters. The zero-order valence-electron chi connectivity index (χ0n) is 23.8. The maximum absolute atomic E-state index is 14.4. The second-order valence-corrected chi connectivity index (χ2v) is 14.7. The number of ketones is 1. The van der Waals surface area contributed by atoms with Gasteiger partial charge in [-0.1, -0.05) is 40.7 Å². The van der Waals surface area contributed by atoms with Gasteiger partial charge in [-0.15, -0.1) is 11.8 Å². The number of thioether (sulfide) groups is 1. The second-order valence-electron chi connectivity index (χ2n) is 12.0. The predicted octanol–water partition coefficient (Wildman–Crippen LogP) is 7.77. The van der Waals surface area contributed by atoms with E-state index >= 15 is 0 Å². The summed E-state index contributed by atoms with van der Waals surface area (Å²) in [5, 5.41) is 17.4. The van der Waals surface area contributed by atoms with E-state index in [0.717, 1.165) is 34.4 Å². The molecule has 1 aliphatic heterocycles. The quantitative estimate of drug-likeness (QED) is 0.195. The lowest BCUT2D eigenvalue weighted by Crippen LogP contribution is -2.59. The lowest BCUT2D eigenvalue weighted by Gasteiger charge is -2.47. The zero-order valence-corrected chi connectivity index (χ0v) is 26.2. The summed E-state index contributed by atoms with van der Waals surface area (Å²) in [5.41, 5.74) is 4.21. The minimum absolute atomic E-state index is 0.00122. The zero-order chi connectivity index (χ0) is 28.4. The molecule has 4 nitrogen and oxygen atoms in total. The van der Waals surface area contributed by atoms with Gasteiger partial charge in [-0.3, -0.25) is 9.59 Å². The van der Waals surface area contributed by atoms with Crippen molar-refractivity contribution in [3.63, 3.8) is 0 Å². The van der Waals surface area contributed by atoms with E-state index in [1.807, 2.05) is 19.1 Å². The van der Waals surface area contributed by atoms with E-state index in [0.29, 0.717) is 12.8 Å². The Morgan fingerprint density at radius 2 is 1.69 bits per heavy atom. The minimum atomic E-state index is -0.911. The van der Waals surface area contributed by atoms with Crippen LogP contribution in [-0.2, 0) is 39.2 Å².